The van der Waals surface area contributed by atoms with Crippen molar-refractivity contribution in [1.82, 2.24) is 15.2 Å². The Hall–Kier alpha value is -2.69. The Bertz CT molecular complexity index is 691. The second kappa shape index (κ2) is 4.29. The molecule has 3 rings (SSSR count). The summed E-state index contributed by atoms with van der Waals surface area (Å²) in [6.45, 7) is 0. The highest BCUT2D eigenvalue weighted by molar-refractivity contribution is 6.06. The van der Waals surface area contributed by atoms with Crippen molar-refractivity contribution in [3.05, 3.63) is 54.5 Å². The largest absolute Gasteiger partial charge is 0.319 e. The third-order valence-corrected chi connectivity index (χ3v) is 2.62. The van der Waals surface area contributed by atoms with Gasteiger partial charge in [-0.2, -0.15) is 5.10 Å². The minimum Gasteiger partial charge on any atom is -0.319 e. The van der Waals surface area contributed by atoms with Crippen LogP contribution in [-0.2, 0) is 0 Å². The maximum Gasteiger partial charge on any atom is 0.255 e. The third kappa shape index (κ3) is 1.93. The molecule has 0 aliphatic heterocycles. The van der Waals surface area contributed by atoms with Gasteiger partial charge in [-0.15, -0.1) is 0 Å². The fourth-order valence-electron chi connectivity index (χ4n) is 1.74. The second-order valence-electron chi connectivity index (χ2n) is 3.85. The van der Waals surface area contributed by atoms with E-state index >= 15 is 0 Å². The summed E-state index contributed by atoms with van der Waals surface area (Å²) in [5, 5.41) is 10.1. The number of aromatic nitrogens is 3. The third-order valence-electron chi connectivity index (χ3n) is 2.62. The number of amides is 1. The van der Waals surface area contributed by atoms with Crippen molar-refractivity contribution in [2.24, 2.45) is 0 Å². The average molecular weight is 238 g/mol. The fraction of sp³-hybridized carbons (Fsp3) is 0. The summed E-state index contributed by atoms with van der Waals surface area (Å²) in [6, 6.07) is 9.18. The highest BCUT2D eigenvalue weighted by Crippen LogP contribution is 2.14. The van der Waals surface area contributed by atoms with Gasteiger partial charge in [0.15, 0.2) is 0 Å². The highest BCUT2D eigenvalue weighted by atomic mass is 16.1. The first kappa shape index (κ1) is 10.5. The number of pyridine rings is 1. The summed E-state index contributed by atoms with van der Waals surface area (Å²) in [4.78, 5) is 16.2. The Morgan fingerprint density at radius 2 is 2.22 bits per heavy atom. The first-order valence-electron chi connectivity index (χ1n) is 5.48. The lowest BCUT2D eigenvalue weighted by atomic mass is 10.1. The molecule has 0 saturated heterocycles. The maximum atomic E-state index is 12.0. The van der Waals surface area contributed by atoms with Gasteiger partial charge in [0.25, 0.3) is 5.91 Å². The molecule has 1 aromatic carbocycles. The van der Waals surface area contributed by atoms with E-state index in [9.17, 15) is 4.79 Å². The topological polar surface area (TPSA) is 70.7 Å². The summed E-state index contributed by atoms with van der Waals surface area (Å²) < 4.78 is 0. The number of carbonyl (C=O) groups excluding carboxylic acids is 1. The molecule has 0 radical (unpaired) electrons. The number of nitrogens with one attached hydrogen (secondary N) is 2. The van der Waals surface area contributed by atoms with Crippen LogP contribution in [0.4, 0.5) is 5.69 Å². The van der Waals surface area contributed by atoms with Crippen molar-refractivity contribution in [2.75, 3.05) is 5.32 Å². The first-order valence-corrected chi connectivity index (χ1v) is 5.48. The molecule has 0 fully saturated rings. The average Bonchev–Trinajstić information content (AvgIpc) is 2.91. The predicted octanol–water partition coefficient (Wildman–Crippen LogP) is 2.21. The molecule has 0 unspecified atom stereocenters. The number of nitrogens with zero attached hydrogens (tertiary/aromatic N) is 2. The molecule has 18 heavy (non-hydrogen) atoms. The van der Waals surface area contributed by atoms with Crippen LogP contribution in [0.5, 0.6) is 0 Å². The summed E-state index contributed by atoms with van der Waals surface area (Å²) in [5.74, 6) is -0.165. The Morgan fingerprint density at radius 3 is 3.06 bits per heavy atom. The van der Waals surface area contributed by atoms with Gasteiger partial charge in [-0.05, 0) is 24.3 Å². The summed E-state index contributed by atoms with van der Waals surface area (Å²) in [6.07, 6.45) is 4.91. The molecule has 0 spiro atoms. The molecule has 0 saturated carbocycles. The molecule has 2 aromatic heterocycles. The van der Waals surface area contributed by atoms with Crippen molar-refractivity contribution in [2.45, 2.75) is 0 Å². The van der Waals surface area contributed by atoms with Crippen molar-refractivity contribution in [1.29, 1.82) is 0 Å². The van der Waals surface area contributed by atoms with Gasteiger partial charge < -0.3 is 5.32 Å². The minimum atomic E-state index is -0.165. The van der Waals surface area contributed by atoms with Crippen LogP contribution in [-0.4, -0.2) is 21.1 Å². The van der Waals surface area contributed by atoms with E-state index in [-0.39, 0.29) is 5.91 Å². The van der Waals surface area contributed by atoms with Crippen LogP contribution in [0.3, 0.4) is 0 Å². The monoisotopic (exact) mass is 238 g/mol. The summed E-state index contributed by atoms with van der Waals surface area (Å²) in [7, 11) is 0. The zero-order valence-corrected chi connectivity index (χ0v) is 9.42. The number of aromatic amines is 1. The van der Waals surface area contributed by atoms with Crippen molar-refractivity contribution < 1.29 is 4.79 Å². The number of anilines is 1. The van der Waals surface area contributed by atoms with E-state index in [0.29, 0.717) is 11.3 Å². The molecule has 3 aromatic rings. The second-order valence-corrected chi connectivity index (χ2v) is 3.85. The van der Waals surface area contributed by atoms with Crippen molar-refractivity contribution in [3.63, 3.8) is 0 Å². The number of fused-ring (bicyclic) bond motifs is 1. The van der Waals surface area contributed by atoms with E-state index in [1.807, 2.05) is 24.3 Å². The predicted molar refractivity (Wildman–Crippen MR) is 68.3 cm³/mol. The van der Waals surface area contributed by atoms with E-state index in [4.69, 9.17) is 0 Å². The zero-order valence-electron chi connectivity index (χ0n) is 9.42. The van der Waals surface area contributed by atoms with E-state index in [1.54, 1.807) is 24.7 Å². The molecule has 0 aliphatic carbocycles. The van der Waals surface area contributed by atoms with Crippen LogP contribution < -0.4 is 5.32 Å². The van der Waals surface area contributed by atoms with E-state index < -0.39 is 0 Å². The Morgan fingerprint density at radius 1 is 1.28 bits per heavy atom. The summed E-state index contributed by atoms with van der Waals surface area (Å²) in [5.41, 5.74) is 2.11. The number of H-pyrrole nitrogens is 1. The SMILES string of the molecule is O=C(Nc1cn[nH]c1)c1ccc2ncccc2c1. The van der Waals surface area contributed by atoms with Gasteiger partial charge in [-0.3, -0.25) is 14.9 Å². The van der Waals surface area contributed by atoms with E-state index in [2.05, 4.69) is 20.5 Å². The molecule has 88 valence electrons. The Kier molecular flexibility index (Phi) is 2.49. The van der Waals surface area contributed by atoms with Gasteiger partial charge in [0.05, 0.1) is 17.4 Å². The highest BCUT2D eigenvalue weighted by Gasteiger charge is 2.07. The molecule has 2 N–H and O–H groups in total. The summed E-state index contributed by atoms with van der Waals surface area (Å²) >= 11 is 0. The lowest BCUT2D eigenvalue weighted by Gasteiger charge is -2.03. The molecule has 1 amide bonds. The van der Waals surface area contributed by atoms with Gasteiger partial charge in [0.2, 0.25) is 0 Å². The zero-order chi connectivity index (χ0) is 12.4. The van der Waals surface area contributed by atoms with Gasteiger partial charge in [-0.1, -0.05) is 6.07 Å². The van der Waals surface area contributed by atoms with Crippen LogP contribution in [0.15, 0.2) is 48.9 Å². The van der Waals surface area contributed by atoms with Crippen LogP contribution in [0.2, 0.25) is 0 Å². The van der Waals surface area contributed by atoms with Gasteiger partial charge >= 0.3 is 0 Å². The number of benzene rings is 1. The lowest BCUT2D eigenvalue weighted by Crippen LogP contribution is -2.11. The van der Waals surface area contributed by atoms with Crippen molar-refractivity contribution >= 4 is 22.5 Å². The van der Waals surface area contributed by atoms with E-state index in [0.717, 1.165) is 10.9 Å². The molecular weight excluding hydrogens is 228 g/mol. The standard InChI is InChI=1S/C13H10N4O/c18-13(17-11-7-15-16-8-11)10-3-4-12-9(6-10)2-1-5-14-12/h1-8H,(H,15,16)(H,17,18). The Labute approximate surface area is 103 Å². The molecule has 0 bridgehead atoms. The van der Waals surface area contributed by atoms with E-state index in [1.165, 1.54) is 0 Å². The molecule has 0 aliphatic rings. The number of carbonyl (C=O) groups is 1. The molecule has 2 heterocycles. The van der Waals surface area contributed by atoms with Crippen molar-refractivity contribution in [3.8, 4) is 0 Å². The van der Waals surface area contributed by atoms with Gasteiger partial charge in [0.1, 0.15) is 0 Å². The number of hydrogen-bond donors (Lipinski definition) is 2. The molecule has 5 heteroatoms. The minimum absolute atomic E-state index is 0.165. The maximum absolute atomic E-state index is 12.0. The smallest absolute Gasteiger partial charge is 0.255 e. The lowest BCUT2D eigenvalue weighted by molar-refractivity contribution is 0.102. The van der Waals surface area contributed by atoms with Gasteiger partial charge in [0, 0.05) is 23.3 Å². The first-order chi connectivity index (χ1) is 8.83. The Balaban J connectivity index is 1.92. The van der Waals surface area contributed by atoms with Crippen LogP contribution in [0.1, 0.15) is 10.4 Å². The van der Waals surface area contributed by atoms with Crippen LogP contribution in [0.25, 0.3) is 10.9 Å². The molecular formula is C13H10N4O. The fourth-order valence-corrected chi connectivity index (χ4v) is 1.74. The molecule has 5 nitrogen and oxygen atoms in total. The van der Waals surface area contributed by atoms with Gasteiger partial charge in [-0.25, -0.2) is 0 Å². The normalized spacial score (nSPS) is 10.4. The van der Waals surface area contributed by atoms with Crippen LogP contribution >= 0.6 is 0 Å². The quantitative estimate of drug-likeness (QED) is 0.719. The number of rotatable bonds is 2. The van der Waals surface area contributed by atoms with Crippen LogP contribution in [0, 0.1) is 0 Å². The molecule has 0 atom stereocenters. The number of hydrogen-bond acceptors (Lipinski definition) is 3.